The van der Waals surface area contributed by atoms with Crippen LogP contribution in [0.5, 0.6) is 0 Å². The Morgan fingerprint density at radius 3 is 2.62 bits per heavy atom. The molecule has 24 heavy (non-hydrogen) atoms. The number of imidazole rings is 1. The van der Waals surface area contributed by atoms with Crippen LogP contribution < -0.4 is 4.90 Å². The summed E-state index contributed by atoms with van der Waals surface area (Å²) >= 11 is 5.39. The van der Waals surface area contributed by atoms with Crippen LogP contribution in [0.3, 0.4) is 0 Å². The normalized spacial score (nSPS) is 16.2. The quantitative estimate of drug-likeness (QED) is 0.710. The van der Waals surface area contributed by atoms with Crippen molar-refractivity contribution in [3.05, 3.63) is 76.8 Å². The van der Waals surface area contributed by atoms with Crippen molar-refractivity contribution < 1.29 is 4.79 Å². The topological polar surface area (TPSA) is 41.0 Å². The van der Waals surface area contributed by atoms with Gasteiger partial charge in [0, 0.05) is 30.0 Å². The molecule has 1 N–H and O–H groups in total. The van der Waals surface area contributed by atoms with Gasteiger partial charge >= 0.3 is 0 Å². The second-order valence-corrected chi connectivity index (χ2v) is 6.41. The van der Waals surface area contributed by atoms with Crippen molar-refractivity contribution in [1.29, 1.82) is 0 Å². The predicted molar refractivity (Wildman–Crippen MR) is 97.5 cm³/mol. The molecule has 1 amide bonds. The number of nitrogens with zero attached hydrogens (tertiary/aromatic N) is 2. The number of hydrogen-bond acceptors (Lipinski definition) is 2. The Labute approximate surface area is 145 Å². The van der Waals surface area contributed by atoms with Gasteiger partial charge in [-0.2, -0.15) is 0 Å². The van der Waals surface area contributed by atoms with Gasteiger partial charge in [0.15, 0.2) is 4.77 Å². The van der Waals surface area contributed by atoms with E-state index in [1.807, 2.05) is 53.4 Å². The van der Waals surface area contributed by atoms with Crippen LogP contribution in [0.25, 0.3) is 5.69 Å². The van der Waals surface area contributed by atoms with Gasteiger partial charge in [-0.25, -0.2) is 0 Å². The highest BCUT2D eigenvalue weighted by atomic mass is 32.1. The van der Waals surface area contributed by atoms with Crippen molar-refractivity contribution in [1.82, 2.24) is 9.55 Å². The molecule has 5 heteroatoms. The van der Waals surface area contributed by atoms with Crippen LogP contribution in [-0.2, 0) is 0 Å². The van der Waals surface area contributed by atoms with E-state index in [4.69, 9.17) is 12.2 Å². The SMILES string of the molecule is CC1CN(C(=O)c2c[nH]c(=S)n2-c2ccccc2)c2ccccc21. The lowest BCUT2D eigenvalue weighted by Gasteiger charge is -2.18. The summed E-state index contributed by atoms with van der Waals surface area (Å²) in [5.41, 5.74) is 3.63. The highest BCUT2D eigenvalue weighted by Crippen LogP contribution is 2.36. The molecule has 120 valence electrons. The van der Waals surface area contributed by atoms with Gasteiger partial charge in [0.2, 0.25) is 0 Å². The zero-order valence-corrected chi connectivity index (χ0v) is 14.1. The predicted octanol–water partition coefficient (Wildman–Crippen LogP) is 4.30. The van der Waals surface area contributed by atoms with Crippen LogP contribution >= 0.6 is 12.2 Å². The Morgan fingerprint density at radius 2 is 1.83 bits per heavy atom. The van der Waals surface area contributed by atoms with Gasteiger partial charge in [-0.1, -0.05) is 43.3 Å². The van der Waals surface area contributed by atoms with Crippen molar-refractivity contribution in [2.24, 2.45) is 0 Å². The summed E-state index contributed by atoms with van der Waals surface area (Å²) in [6.45, 7) is 2.83. The number of aromatic amines is 1. The van der Waals surface area contributed by atoms with Gasteiger partial charge in [-0.3, -0.25) is 9.36 Å². The number of carbonyl (C=O) groups excluding carboxylic acids is 1. The lowest BCUT2D eigenvalue weighted by Crippen LogP contribution is -2.31. The molecule has 4 rings (SSSR count). The minimum atomic E-state index is -0.0389. The van der Waals surface area contributed by atoms with Gasteiger partial charge in [0.1, 0.15) is 5.69 Å². The maximum atomic E-state index is 13.2. The Kier molecular flexibility index (Phi) is 3.58. The molecule has 1 aliphatic rings. The summed E-state index contributed by atoms with van der Waals surface area (Å²) in [5, 5.41) is 0. The van der Waals surface area contributed by atoms with Crippen LogP contribution in [0, 0.1) is 4.77 Å². The van der Waals surface area contributed by atoms with Crippen molar-refractivity contribution in [2.45, 2.75) is 12.8 Å². The number of nitrogens with one attached hydrogen (secondary N) is 1. The number of aromatic nitrogens is 2. The van der Waals surface area contributed by atoms with E-state index in [0.717, 1.165) is 11.4 Å². The summed E-state index contributed by atoms with van der Waals surface area (Å²) in [7, 11) is 0. The smallest absolute Gasteiger partial charge is 0.276 e. The van der Waals surface area contributed by atoms with Crippen LogP contribution in [0.1, 0.15) is 28.9 Å². The lowest BCUT2D eigenvalue weighted by molar-refractivity contribution is 0.0981. The van der Waals surface area contributed by atoms with E-state index in [2.05, 4.69) is 18.0 Å². The van der Waals surface area contributed by atoms with Gasteiger partial charge in [-0.05, 0) is 36.0 Å². The van der Waals surface area contributed by atoms with E-state index >= 15 is 0 Å². The molecule has 0 saturated heterocycles. The van der Waals surface area contributed by atoms with Crippen molar-refractivity contribution >= 4 is 23.8 Å². The van der Waals surface area contributed by atoms with E-state index in [1.54, 1.807) is 10.8 Å². The Hall–Kier alpha value is -2.66. The fraction of sp³-hybridized carbons (Fsp3) is 0.158. The highest BCUT2D eigenvalue weighted by molar-refractivity contribution is 7.71. The van der Waals surface area contributed by atoms with E-state index in [1.165, 1.54) is 5.56 Å². The number of para-hydroxylation sites is 2. The van der Waals surface area contributed by atoms with Crippen LogP contribution in [0.4, 0.5) is 5.69 Å². The van der Waals surface area contributed by atoms with E-state index < -0.39 is 0 Å². The van der Waals surface area contributed by atoms with E-state index in [0.29, 0.717) is 22.9 Å². The number of amides is 1. The number of fused-ring (bicyclic) bond motifs is 1. The lowest BCUT2D eigenvalue weighted by atomic mass is 10.0. The number of benzene rings is 2. The third kappa shape index (κ3) is 2.29. The van der Waals surface area contributed by atoms with E-state index in [9.17, 15) is 4.79 Å². The summed E-state index contributed by atoms with van der Waals surface area (Å²) in [4.78, 5) is 18.1. The molecule has 2 aromatic carbocycles. The second kappa shape index (κ2) is 5.76. The second-order valence-electron chi connectivity index (χ2n) is 6.03. The van der Waals surface area contributed by atoms with Gasteiger partial charge in [0.05, 0.1) is 0 Å². The average Bonchev–Trinajstić information content (AvgIpc) is 3.16. The minimum absolute atomic E-state index is 0.0389. The van der Waals surface area contributed by atoms with Crippen LogP contribution in [-0.4, -0.2) is 22.0 Å². The number of hydrogen-bond donors (Lipinski definition) is 1. The highest BCUT2D eigenvalue weighted by Gasteiger charge is 2.31. The summed E-state index contributed by atoms with van der Waals surface area (Å²) in [6.07, 6.45) is 1.70. The molecule has 0 spiro atoms. The third-order valence-electron chi connectivity index (χ3n) is 4.47. The zero-order chi connectivity index (χ0) is 16.7. The van der Waals surface area contributed by atoms with Crippen molar-refractivity contribution in [3.8, 4) is 5.69 Å². The van der Waals surface area contributed by atoms with Crippen molar-refractivity contribution in [3.63, 3.8) is 0 Å². The number of anilines is 1. The molecule has 0 bridgehead atoms. The first-order chi connectivity index (χ1) is 11.7. The molecule has 2 heterocycles. The maximum Gasteiger partial charge on any atom is 0.276 e. The fourth-order valence-electron chi connectivity index (χ4n) is 3.31. The Bertz CT molecular complexity index is 958. The van der Waals surface area contributed by atoms with E-state index in [-0.39, 0.29) is 5.91 Å². The standard InChI is InChI=1S/C19H17N3OS/c1-13-12-21(16-10-6-5-9-15(13)16)18(23)17-11-20-19(24)22(17)14-7-3-2-4-8-14/h2-11,13H,12H2,1H3,(H,20,24). The first kappa shape index (κ1) is 14.9. The average molecular weight is 335 g/mol. The molecule has 0 aliphatic carbocycles. The van der Waals surface area contributed by atoms with Gasteiger partial charge < -0.3 is 9.88 Å². The van der Waals surface area contributed by atoms with Crippen molar-refractivity contribution in [2.75, 3.05) is 11.4 Å². The maximum absolute atomic E-state index is 13.2. The summed E-state index contributed by atoms with van der Waals surface area (Å²) in [6, 6.07) is 17.8. The summed E-state index contributed by atoms with van der Waals surface area (Å²) < 4.78 is 2.31. The first-order valence-corrected chi connectivity index (χ1v) is 8.34. The molecule has 1 atom stereocenters. The van der Waals surface area contributed by atoms with Crippen LogP contribution in [0.15, 0.2) is 60.8 Å². The molecular formula is C19H17N3OS. The Balaban J connectivity index is 1.79. The zero-order valence-electron chi connectivity index (χ0n) is 13.3. The molecule has 1 aromatic heterocycles. The number of rotatable bonds is 2. The fourth-order valence-corrected chi connectivity index (χ4v) is 3.57. The number of carbonyl (C=O) groups is 1. The molecule has 1 unspecified atom stereocenters. The third-order valence-corrected chi connectivity index (χ3v) is 4.77. The molecule has 1 aliphatic heterocycles. The number of H-pyrrole nitrogens is 1. The molecule has 0 saturated carbocycles. The summed E-state index contributed by atoms with van der Waals surface area (Å²) in [5.74, 6) is 0.292. The molecule has 0 radical (unpaired) electrons. The van der Waals surface area contributed by atoms with Gasteiger partial charge in [-0.15, -0.1) is 0 Å². The van der Waals surface area contributed by atoms with Gasteiger partial charge in [0.25, 0.3) is 5.91 Å². The molecule has 0 fully saturated rings. The minimum Gasteiger partial charge on any atom is -0.336 e. The molecule has 4 nitrogen and oxygen atoms in total. The Morgan fingerprint density at radius 1 is 1.12 bits per heavy atom. The van der Waals surface area contributed by atoms with Crippen LogP contribution in [0.2, 0.25) is 0 Å². The first-order valence-electron chi connectivity index (χ1n) is 7.93. The monoisotopic (exact) mass is 335 g/mol. The molecular weight excluding hydrogens is 318 g/mol. The molecule has 3 aromatic rings. The largest absolute Gasteiger partial charge is 0.336 e.